The Labute approximate surface area is 111 Å². The van der Waals surface area contributed by atoms with Crippen LogP contribution in [0.25, 0.3) is 0 Å². The highest BCUT2D eigenvalue weighted by Crippen LogP contribution is 2.23. The monoisotopic (exact) mass is 276 g/mol. The van der Waals surface area contributed by atoms with E-state index in [9.17, 15) is 13.2 Å². The molecule has 19 heavy (non-hydrogen) atoms. The first-order valence-electron chi connectivity index (χ1n) is 6.27. The summed E-state index contributed by atoms with van der Waals surface area (Å²) in [6.07, 6.45) is -3.56. The van der Waals surface area contributed by atoms with Crippen LogP contribution in [0.15, 0.2) is 24.3 Å². The van der Waals surface area contributed by atoms with Crippen LogP contribution in [0.1, 0.15) is 18.9 Å². The molecule has 0 aromatic heterocycles. The zero-order valence-corrected chi connectivity index (χ0v) is 10.9. The van der Waals surface area contributed by atoms with Gasteiger partial charge in [0.05, 0.1) is 0 Å². The van der Waals surface area contributed by atoms with Gasteiger partial charge in [-0.1, -0.05) is 19.1 Å². The van der Waals surface area contributed by atoms with Crippen LogP contribution in [-0.2, 0) is 6.54 Å². The van der Waals surface area contributed by atoms with E-state index in [1.54, 1.807) is 12.1 Å². The van der Waals surface area contributed by atoms with Gasteiger partial charge < -0.3 is 15.4 Å². The van der Waals surface area contributed by atoms with Gasteiger partial charge >= 0.3 is 6.36 Å². The van der Waals surface area contributed by atoms with Gasteiger partial charge in [-0.05, 0) is 30.7 Å². The number of ether oxygens (including phenoxy) is 1. The first-order valence-corrected chi connectivity index (χ1v) is 6.27. The summed E-state index contributed by atoms with van der Waals surface area (Å²) < 4.78 is 40.0. The summed E-state index contributed by atoms with van der Waals surface area (Å²) in [7, 11) is 0. The SMILES string of the molecule is CCCNCCNCc1cccc(OC(F)(F)F)c1. The van der Waals surface area contributed by atoms with Crippen molar-refractivity contribution in [1.82, 2.24) is 10.6 Å². The summed E-state index contributed by atoms with van der Waals surface area (Å²) in [6.45, 7) is 5.18. The molecule has 0 unspecified atom stereocenters. The van der Waals surface area contributed by atoms with Crippen molar-refractivity contribution in [1.29, 1.82) is 0 Å². The average Bonchev–Trinajstić information content (AvgIpc) is 2.32. The van der Waals surface area contributed by atoms with Crippen LogP contribution in [0.5, 0.6) is 5.75 Å². The van der Waals surface area contributed by atoms with Crippen LogP contribution < -0.4 is 15.4 Å². The van der Waals surface area contributed by atoms with Crippen LogP contribution in [0.2, 0.25) is 0 Å². The van der Waals surface area contributed by atoms with Crippen LogP contribution in [0.3, 0.4) is 0 Å². The number of benzene rings is 1. The molecular formula is C13H19F3N2O. The van der Waals surface area contributed by atoms with Crippen LogP contribution >= 0.6 is 0 Å². The number of alkyl halides is 3. The van der Waals surface area contributed by atoms with Gasteiger partial charge in [0.25, 0.3) is 0 Å². The van der Waals surface area contributed by atoms with E-state index in [0.717, 1.165) is 31.6 Å². The molecule has 6 heteroatoms. The molecule has 0 saturated carbocycles. The third-order valence-corrected chi connectivity index (χ3v) is 2.37. The van der Waals surface area contributed by atoms with Gasteiger partial charge in [-0.15, -0.1) is 13.2 Å². The minimum Gasteiger partial charge on any atom is -0.406 e. The van der Waals surface area contributed by atoms with E-state index < -0.39 is 6.36 Å². The quantitative estimate of drug-likeness (QED) is 0.716. The Bertz CT molecular complexity index is 369. The van der Waals surface area contributed by atoms with Crippen LogP contribution in [0.4, 0.5) is 13.2 Å². The second kappa shape index (κ2) is 8.01. The maximum absolute atomic E-state index is 12.1. The molecule has 3 nitrogen and oxygen atoms in total. The predicted octanol–water partition coefficient (Wildman–Crippen LogP) is 2.67. The number of nitrogens with one attached hydrogen (secondary N) is 2. The molecule has 0 atom stereocenters. The highest BCUT2D eigenvalue weighted by Gasteiger charge is 2.31. The Balaban J connectivity index is 2.32. The van der Waals surface area contributed by atoms with Gasteiger partial charge in [0.1, 0.15) is 5.75 Å². The van der Waals surface area contributed by atoms with Crippen LogP contribution in [0, 0.1) is 0 Å². The van der Waals surface area contributed by atoms with Gasteiger partial charge in [0, 0.05) is 19.6 Å². The minimum atomic E-state index is -4.64. The Kier molecular flexibility index (Phi) is 6.66. The van der Waals surface area contributed by atoms with E-state index in [1.165, 1.54) is 12.1 Å². The van der Waals surface area contributed by atoms with E-state index in [4.69, 9.17) is 0 Å². The highest BCUT2D eigenvalue weighted by atomic mass is 19.4. The fraction of sp³-hybridized carbons (Fsp3) is 0.538. The molecule has 1 aromatic carbocycles. The molecule has 0 aliphatic heterocycles. The minimum absolute atomic E-state index is 0.184. The van der Waals surface area contributed by atoms with Crippen molar-refractivity contribution in [3.63, 3.8) is 0 Å². The Morgan fingerprint density at radius 3 is 2.53 bits per heavy atom. The number of halogens is 3. The van der Waals surface area contributed by atoms with Crippen molar-refractivity contribution < 1.29 is 17.9 Å². The molecule has 0 saturated heterocycles. The van der Waals surface area contributed by atoms with Gasteiger partial charge in [-0.25, -0.2) is 0 Å². The van der Waals surface area contributed by atoms with Gasteiger partial charge in [-0.3, -0.25) is 0 Å². The number of hydrogen-bond acceptors (Lipinski definition) is 3. The molecular weight excluding hydrogens is 257 g/mol. The highest BCUT2D eigenvalue weighted by molar-refractivity contribution is 5.28. The summed E-state index contributed by atoms with van der Waals surface area (Å²) in [5.74, 6) is -0.184. The second-order valence-electron chi connectivity index (χ2n) is 4.12. The van der Waals surface area contributed by atoms with Crippen molar-refractivity contribution in [3.05, 3.63) is 29.8 Å². The fourth-order valence-electron chi connectivity index (χ4n) is 1.56. The summed E-state index contributed by atoms with van der Waals surface area (Å²) in [4.78, 5) is 0. The summed E-state index contributed by atoms with van der Waals surface area (Å²) in [5, 5.41) is 6.38. The zero-order chi connectivity index (χ0) is 14.1. The lowest BCUT2D eigenvalue weighted by Gasteiger charge is -2.10. The van der Waals surface area contributed by atoms with E-state index >= 15 is 0 Å². The van der Waals surface area contributed by atoms with Gasteiger partial charge in [-0.2, -0.15) is 0 Å². The number of hydrogen-bond donors (Lipinski definition) is 2. The van der Waals surface area contributed by atoms with Crippen LogP contribution in [-0.4, -0.2) is 26.0 Å². The molecule has 108 valence electrons. The van der Waals surface area contributed by atoms with Gasteiger partial charge in [0.15, 0.2) is 0 Å². The first-order chi connectivity index (χ1) is 9.01. The molecule has 0 fully saturated rings. The standard InChI is InChI=1S/C13H19F3N2O/c1-2-6-17-7-8-18-10-11-4-3-5-12(9-11)19-13(14,15)16/h3-5,9,17-18H,2,6-8,10H2,1H3. The lowest BCUT2D eigenvalue weighted by atomic mass is 10.2. The summed E-state index contributed by atoms with van der Waals surface area (Å²) >= 11 is 0. The summed E-state index contributed by atoms with van der Waals surface area (Å²) in [5.41, 5.74) is 0.761. The van der Waals surface area contributed by atoms with Crippen molar-refractivity contribution in [2.75, 3.05) is 19.6 Å². The molecule has 1 rings (SSSR count). The molecule has 0 amide bonds. The molecule has 0 radical (unpaired) electrons. The van der Waals surface area contributed by atoms with Gasteiger partial charge in [0.2, 0.25) is 0 Å². The van der Waals surface area contributed by atoms with E-state index in [2.05, 4.69) is 22.3 Å². The maximum atomic E-state index is 12.1. The molecule has 2 N–H and O–H groups in total. The number of rotatable bonds is 8. The molecule has 0 aliphatic rings. The molecule has 0 bridgehead atoms. The normalized spacial score (nSPS) is 11.6. The van der Waals surface area contributed by atoms with Crippen molar-refractivity contribution >= 4 is 0 Å². The average molecular weight is 276 g/mol. The van der Waals surface area contributed by atoms with E-state index in [1.807, 2.05) is 0 Å². The zero-order valence-electron chi connectivity index (χ0n) is 10.9. The van der Waals surface area contributed by atoms with Crippen molar-refractivity contribution in [2.24, 2.45) is 0 Å². The molecule has 0 spiro atoms. The lowest BCUT2D eigenvalue weighted by Crippen LogP contribution is -2.27. The smallest absolute Gasteiger partial charge is 0.406 e. The third-order valence-electron chi connectivity index (χ3n) is 2.37. The Morgan fingerprint density at radius 2 is 1.84 bits per heavy atom. The second-order valence-corrected chi connectivity index (χ2v) is 4.12. The van der Waals surface area contributed by atoms with E-state index in [-0.39, 0.29) is 5.75 Å². The van der Waals surface area contributed by atoms with E-state index in [0.29, 0.717) is 6.54 Å². The van der Waals surface area contributed by atoms with Crippen molar-refractivity contribution in [3.8, 4) is 5.75 Å². The fourth-order valence-corrected chi connectivity index (χ4v) is 1.56. The third kappa shape index (κ3) is 7.69. The predicted molar refractivity (Wildman–Crippen MR) is 68.0 cm³/mol. The maximum Gasteiger partial charge on any atom is 0.573 e. The Hall–Kier alpha value is -1.27. The van der Waals surface area contributed by atoms with Crippen molar-refractivity contribution in [2.45, 2.75) is 26.3 Å². The molecule has 1 aromatic rings. The summed E-state index contributed by atoms with van der Waals surface area (Å²) in [6, 6.07) is 5.99. The topological polar surface area (TPSA) is 33.3 Å². The molecule has 0 heterocycles. The largest absolute Gasteiger partial charge is 0.573 e. The first kappa shape index (κ1) is 15.8. The Morgan fingerprint density at radius 1 is 1.11 bits per heavy atom. The lowest BCUT2D eigenvalue weighted by molar-refractivity contribution is -0.274. The molecule has 0 aliphatic carbocycles.